The maximum atomic E-state index is 12.2. The van der Waals surface area contributed by atoms with Gasteiger partial charge in [0, 0.05) is 41.0 Å². The highest BCUT2D eigenvalue weighted by Gasteiger charge is 2.19. The van der Waals surface area contributed by atoms with Crippen LogP contribution in [0.15, 0.2) is 35.5 Å². The molecule has 7 heteroatoms. The zero-order valence-electron chi connectivity index (χ0n) is 18.0. The van der Waals surface area contributed by atoms with Crippen LogP contribution in [0.3, 0.4) is 0 Å². The van der Waals surface area contributed by atoms with Crippen molar-refractivity contribution in [2.45, 2.75) is 39.0 Å². The van der Waals surface area contributed by atoms with Gasteiger partial charge in [0.2, 0.25) is 0 Å². The van der Waals surface area contributed by atoms with Gasteiger partial charge in [-0.2, -0.15) is 0 Å². The second kappa shape index (κ2) is 10.5. The number of aryl methyl sites for hydroxylation is 1. The predicted molar refractivity (Wildman–Crippen MR) is 124 cm³/mol. The first-order valence-electron chi connectivity index (χ1n) is 10.4. The van der Waals surface area contributed by atoms with Crippen LogP contribution >= 0.6 is 11.6 Å². The normalized spacial score (nSPS) is 12.6. The molecule has 0 spiro atoms. The molecule has 0 saturated heterocycles. The number of rotatable bonds is 9. The Bertz CT molecular complexity index is 926. The van der Waals surface area contributed by atoms with Gasteiger partial charge in [0.1, 0.15) is 0 Å². The number of aliphatic imine (C=N–C) groups is 1. The Morgan fingerprint density at radius 1 is 1.17 bits per heavy atom. The number of nitrogens with zero attached hydrogens (tertiary/aromatic N) is 3. The van der Waals surface area contributed by atoms with Crippen LogP contribution in [0.4, 0.5) is 16.3 Å². The van der Waals surface area contributed by atoms with Crippen LogP contribution in [-0.2, 0) is 6.42 Å². The Labute approximate surface area is 183 Å². The van der Waals surface area contributed by atoms with E-state index in [2.05, 4.69) is 45.7 Å². The van der Waals surface area contributed by atoms with Crippen molar-refractivity contribution in [2.24, 2.45) is 4.99 Å². The van der Waals surface area contributed by atoms with Gasteiger partial charge in [-0.05, 0) is 64.2 Å². The first kappa shape index (κ1) is 22.2. The molecule has 6 nitrogen and oxygen atoms in total. The van der Waals surface area contributed by atoms with Gasteiger partial charge in [-0.25, -0.2) is 14.8 Å². The number of carbonyl (C=O) groups excluding carboxylic acids is 1. The van der Waals surface area contributed by atoms with Crippen LogP contribution in [0.25, 0.3) is 0 Å². The molecule has 2 heterocycles. The Balaban J connectivity index is 1.50. The van der Waals surface area contributed by atoms with Gasteiger partial charge in [-0.15, -0.1) is 0 Å². The molecule has 2 amide bonds. The van der Waals surface area contributed by atoms with Gasteiger partial charge in [-0.3, -0.25) is 0 Å². The molecule has 0 unspecified atom stereocenters. The van der Waals surface area contributed by atoms with Crippen molar-refractivity contribution in [3.63, 3.8) is 0 Å². The van der Waals surface area contributed by atoms with E-state index < -0.39 is 0 Å². The molecule has 0 aliphatic carbocycles. The minimum atomic E-state index is -0.203. The number of halogens is 1. The maximum Gasteiger partial charge on any atom is 0.319 e. The monoisotopic (exact) mass is 427 g/mol. The molecule has 0 bridgehead atoms. The number of anilines is 1. The Kier molecular flexibility index (Phi) is 7.82. The molecule has 1 aromatic carbocycles. The summed E-state index contributed by atoms with van der Waals surface area (Å²) in [5, 5.41) is 6.43. The zero-order valence-corrected chi connectivity index (χ0v) is 18.7. The molecule has 3 rings (SSSR count). The van der Waals surface area contributed by atoms with Crippen LogP contribution in [-0.4, -0.2) is 48.8 Å². The zero-order chi connectivity index (χ0) is 21.5. The van der Waals surface area contributed by atoms with Gasteiger partial charge < -0.3 is 15.5 Å². The fourth-order valence-electron chi connectivity index (χ4n) is 3.46. The van der Waals surface area contributed by atoms with E-state index in [0.29, 0.717) is 23.7 Å². The van der Waals surface area contributed by atoms with Crippen molar-refractivity contribution in [1.82, 2.24) is 15.2 Å². The standard InChI is InChI=1S/C23H30ClN5O/c1-16-12-17-13-21(28-22(17)26-15-16)19-14-18(8-9-20(19)24)27-23(30)25-10-6-4-5-7-11-29(2)3/h8-9,12,14-15H,4-7,10-11,13H2,1-3H3,(H2,25,27,30). The third-order valence-corrected chi connectivity index (χ3v) is 5.36. The Hall–Kier alpha value is -2.44. The molecular formula is C23H30ClN5O. The predicted octanol–water partition coefficient (Wildman–Crippen LogP) is 4.96. The van der Waals surface area contributed by atoms with Crippen molar-refractivity contribution < 1.29 is 4.79 Å². The molecule has 0 radical (unpaired) electrons. The SMILES string of the molecule is Cc1cnc2c(c1)CC(c1cc(NC(=O)NCCCCCCN(C)C)ccc1Cl)=N2. The minimum absolute atomic E-state index is 0.203. The third-order valence-electron chi connectivity index (χ3n) is 5.03. The second-order valence-electron chi connectivity index (χ2n) is 8.02. The molecular weight excluding hydrogens is 398 g/mol. The lowest BCUT2D eigenvalue weighted by molar-refractivity contribution is 0.252. The average Bonchev–Trinajstić information content (AvgIpc) is 3.11. The molecule has 160 valence electrons. The van der Waals surface area contributed by atoms with Crippen LogP contribution in [0, 0.1) is 6.92 Å². The van der Waals surface area contributed by atoms with Gasteiger partial charge in [0.05, 0.1) is 5.71 Å². The second-order valence-corrected chi connectivity index (χ2v) is 8.43. The lowest BCUT2D eigenvalue weighted by Crippen LogP contribution is -2.29. The number of benzene rings is 1. The van der Waals surface area contributed by atoms with Crippen LogP contribution in [0.1, 0.15) is 42.4 Å². The summed E-state index contributed by atoms with van der Waals surface area (Å²) in [4.78, 5) is 23.4. The summed E-state index contributed by atoms with van der Waals surface area (Å²) in [6.45, 7) is 3.80. The first-order chi connectivity index (χ1) is 14.4. The van der Waals surface area contributed by atoms with Crippen LogP contribution in [0.2, 0.25) is 5.02 Å². The van der Waals surface area contributed by atoms with Crippen molar-refractivity contribution >= 4 is 34.8 Å². The van der Waals surface area contributed by atoms with Crippen LogP contribution in [0.5, 0.6) is 0 Å². The molecule has 2 N–H and O–H groups in total. The van der Waals surface area contributed by atoms with E-state index in [1.165, 1.54) is 12.8 Å². The summed E-state index contributed by atoms with van der Waals surface area (Å²) in [6.07, 6.45) is 6.97. The minimum Gasteiger partial charge on any atom is -0.338 e. The number of nitrogens with one attached hydrogen (secondary N) is 2. The van der Waals surface area contributed by atoms with Crippen molar-refractivity contribution in [2.75, 3.05) is 32.5 Å². The molecule has 0 saturated carbocycles. The van der Waals surface area contributed by atoms with Crippen molar-refractivity contribution in [1.29, 1.82) is 0 Å². The van der Waals surface area contributed by atoms with E-state index in [-0.39, 0.29) is 6.03 Å². The van der Waals surface area contributed by atoms with Gasteiger partial charge in [-0.1, -0.05) is 30.5 Å². The Morgan fingerprint density at radius 2 is 1.97 bits per heavy atom. The lowest BCUT2D eigenvalue weighted by atomic mass is 10.0. The van der Waals surface area contributed by atoms with E-state index in [4.69, 9.17) is 11.6 Å². The van der Waals surface area contributed by atoms with Crippen molar-refractivity contribution in [3.05, 3.63) is 52.2 Å². The number of hydrogen-bond acceptors (Lipinski definition) is 4. The Morgan fingerprint density at radius 3 is 2.77 bits per heavy atom. The molecule has 1 aromatic heterocycles. The summed E-state index contributed by atoms with van der Waals surface area (Å²) < 4.78 is 0. The number of hydrogen-bond donors (Lipinski definition) is 2. The highest BCUT2D eigenvalue weighted by atomic mass is 35.5. The van der Waals surface area contributed by atoms with Gasteiger partial charge in [0.25, 0.3) is 0 Å². The van der Waals surface area contributed by atoms with Crippen LogP contribution < -0.4 is 10.6 Å². The number of pyridine rings is 1. The highest BCUT2D eigenvalue weighted by Crippen LogP contribution is 2.31. The lowest BCUT2D eigenvalue weighted by Gasteiger charge is -2.11. The number of urea groups is 1. The average molecular weight is 428 g/mol. The van der Waals surface area contributed by atoms with Crippen molar-refractivity contribution in [3.8, 4) is 0 Å². The molecule has 30 heavy (non-hydrogen) atoms. The maximum absolute atomic E-state index is 12.2. The summed E-state index contributed by atoms with van der Waals surface area (Å²) in [6, 6.07) is 7.37. The summed E-state index contributed by atoms with van der Waals surface area (Å²) in [7, 11) is 4.17. The van der Waals surface area contributed by atoms with Gasteiger partial charge in [0.15, 0.2) is 5.82 Å². The highest BCUT2D eigenvalue weighted by molar-refractivity contribution is 6.34. The van der Waals surface area contributed by atoms with E-state index in [9.17, 15) is 4.79 Å². The van der Waals surface area contributed by atoms with E-state index in [0.717, 1.165) is 47.6 Å². The quantitative estimate of drug-likeness (QED) is 0.555. The first-order valence-corrected chi connectivity index (χ1v) is 10.8. The molecule has 0 atom stereocenters. The van der Waals surface area contributed by atoms with E-state index in [1.54, 1.807) is 12.1 Å². The third kappa shape index (κ3) is 6.28. The molecule has 2 aromatic rings. The molecule has 1 aliphatic rings. The number of amides is 2. The van der Waals surface area contributed by atoms with E-state index >= 15 is 0 Å². The van der Waals surface area contributed by atoms with E-state index in [1.807, 2.05) is 19.2 Å². The number of unbranched alkanes of at least 4 members (excludes halogenated alkanes) is 3. The molecule has 0 fully saturated rings. The molecule has 1 aliphatic heterocycles. The van der Waals surface area contributed by atoms with Gasteiger partial charge >= 0.3 is 6.03 Å². The summed E-state index contributed by atoms with van der Waals surface area (Å²) >= 11 is 6.42. The topological polar surface area (TPSA) is 69.6 Å². The fourth-order valence-corrected chi connectivity index (χ4v) is 3.69. The summed E-state index contributed by atoms with van der Waals surface area (Å²) in [5.41, 5.74) is 4.60. The summed E-state index contributed by atoms with van der Waals surface area (Å²) in [5.74, 6) is 0.744. The fraction of sp³-hybridized carbons (Fsp3) is 0.435. The smallest absolute Gasteiger partial charge is 0.319 e. The number of carbonyl (C=O) groups is 1. The largest absolute Gasteiger partial charge is 0.338 e. The number of aromatic nitrogens is 1. The number of fused-ring (bicyclic) bond motifs is 1.